The van der Waals surface area contributed by atoms with Crippen LogP contribution in [-0.4, -0.2) is 37.1 Å². The molecule has 0 saturated carbocycles. The molecule has 0 aliphatic carbocycles. The van der Waals surface area contributed by atoms with Crippen molar-refractivity contribution in [2.45, 2.75) is 0 Å². The molecule has 0 N–H and O–H groups in total. The molecule has 5 nitrogen and oxygen atoms in total. The molecule has 0 saturated heterocycles. The van der Waals surface area contributed by atoms with Crippen LogP contribution in [0.1, 0.15) is 5.56 Å². The highest BCUT2D eigenvalue weighted by atomic mass is 32.2. The molecule has 1 aliphatic rings. The van der Waals surface area contributed by atoms with Gasteiger partial charge in [0.2, 0.25) is 10.9 Å². The normalized spacial score (nSPS) is 16.1. The van der Waals surface area contributed by atoms with E-state index in [-0.39, 0.29) is 5.12 Å². The molecule has 1 aliphatic heterocycles. The first-order valence-electron chi connectivity index (χ1n) is 5.99. The van der Waals surface area contributed by atoms with Crippen LogP contribution in [0, 0.1) is 0 Å². The Balaban J connectivity index is 2.46. The largest absolute Gasteiger partial charge is 0.493 e. The minimum Gasteiger partial charge on any atom is -0.493 e. The predicted octanol–water partition coefficient (Wildman–Crippen LogP) is 3.05. The number of nitrogens with zero attached hydrogens (tertiary/aromatic N) is 1. The van der Waals surface area contributed by atoms with Crippen LogP contribution in [0.2, 0.25) is 0 Å². The summed E-state index contributed by atoms with van der Waals surface area (Å²) in [6, 6.07) is 3.55. The number of hydrogen-bond donors (Lipinski definition) is 0. The van der Waals surface area contributed by atoms with Crippen LogP contribution >= 0.6 is 23.5 Å². The van der Waals surface area contributed by atoms with E-state index in [0.717, 1.165) is 21.7 Å². The fraction of sp³-hybridized carbons (Fsp3) is 0.286. The van der Waals surface area contributed by atoms with E-state index in [9.17, 15) is 4.79 Å². The first kappa shape index (κ1) is 15.8. The summed E-state index contributed by atoms with van der Waals surface area (Å²) in [6.45, 7) is 0. The van der Waals surface area contributed by atoms with E-state index >= 15 is 0 Å². The second kappa shape index (κ2) is 6.91. The van der Waals surface area contributed by atoms with E-state index in [1.165, 1.54) is 11.8 Å². The van der Waals surface area contributed by atoms with Crippen molar-refractivity contribution in [3.63, 3.8) is 0 Å². The van der Waals surface area contributed by atoms with Crippen molar-refractivity contribution in [1.29, 1.82) is 0 Å². The van der Waals surface area contributed by atoms with Gasteiger partial charge in [-0.15, -0.1) is 11.8 Å². The summed E-state index contributed by atoms with van der Waals surface area (Å²) in [6.07, 6.45) is 3.60. The summed E-state index contributed by atoms with van der Waals surface area (Å²) >= 11 is 2.59. The number of benzene rings is 1. The molecule has 0 atom stereocenters. The summed E-state index contributed by atoms with van der Waals surface area (Å²) < 4.78 is 16.6. The van der Waals surface area contributed by atoms with Gasteiger partial charge in [-0.1, -0.05) is 0 Å². The minimum atomic E-state index is -0.0619. The maximum Gasteiger partial charge on any atom is 0.244 e. The molecule has 0 unspecified atom stereocenters. The lowest BCUT2D eigenvalue weighted by atomic mass is 10.1. The fourth-order valence-electron chi connectivity index (χ4n) is 1.82. The Morgan fingerprint density at radius 2 is 1.76 bits per heavy atom. The number of ether oxygens (including phenoxy) is 3. The molecule has 7 heteroatoms. The Labute approximate surface area is 131 Å². The van der Waals surface area contributed by atoms with E-state index in [1.54, 1.807) is 39.5 Å². The Bertz CT molecular complexity index is 600. The van der Waals surface area contributed by atoms with Gasteiger partial charge in [0.15, 0.2) is 11.5 Å². The highest BCUT2D eigenvalue weighted by Crippen LogP contribution is 2.39. The Morgan fingerprint density at radius 3 is 2.19 bits per heavy atom. The zero-order valence-corrected chi connectivity index (χ0v) is 13.8. The summed E-state index contributed by atoms with van der Waals surface area (Å²) in [7, 11) is 4.65. The Kier molecular flexibility index (Phi) is 5.19. The molecule has 0 amide bonds. The molecule has 2 rings (SSSR count). The maximum absolute atomic E-state index is 11.9. The van der Waals surface area contributed by atoms with Crippen molar-refractivity contribution in [1.82, 2.24) is 0 Å². The van der Waals surface area contributed by atoms with Gasteiger partial charge >= 0.3 is 0 Å². The molecule has 0 fully saturated rings. The second-order valence-corrected chi connectivity index (χ2v) is 5.97. The predicted molar refractivity (Wildman–Crippen MR) is 87.6 cm³/mol. The lowest BCUT2D eigenvalue weighted by Crippen LogP contribution is -1.96. The zero-order chi connectivity index (χ0) is 15.4. The highest BCUT2D eigenvalue weighted by Gasteiger charge is 2.22. The molecule has 0 spiro atoms. The quantitative estimate of drug-likeness (QED) is 0.793. The Morgan fingerprint density at radius 1 is 1.14 bits per heavy atom. The number of thioether (sulfide) groups is 2. The van der Waals surface area contributed by atoms with E-state index in [4.69, 9.17) is 14.2 Å². The van der Waals surface area contributed by atoms with Crippen molar-refractivity contribution in [3.05, 3.63) is 23.4 Å². The standard InChI is InChI=1S/C14H15NO4S2/c1-17-10-6-8(7-11(18-2)12(10)19-3)5-9-13(16)21-14(15-9)20-4/h5-7H,1-4H3/b9-5-. The van der Waals surface area contributed by atoms with E-state index in [2.05, 4.69) is 4.99 Å². The molecule has 112 valence electrons. The van der Waals surface area contributed by atoms with Crippen LogP contribution in [0.15, 0.2) is 22.8 Å². The van der Waals surface area contributed by atoms with Crippen molar-refractivity contribution in [2.75, 3.05) is 27.6 Å². The lowest BCUT2D eigenvalue weighted by molar-refractivity contribution is -0.107. The van der Waals surface area contributed by atoms with Gasteiger partial charge in [-0.05, 0) is 41.8 Å². The molecule has 1 aromatic rings. The number of aliphatic imine (C=N–C) groups is 1. The number of carbonyl (C=O) groups is 1. The SMILES string of the molecule is COc1cc(/C=C2\N=C(SC)SC2=O)cc(OC)c1OC. The molecule has 1 aromatic carbocycles. The van der Waals surface area contributed by atoms with Crippen molar-refractivity contribution in [2.24, 2.45) is 4.99 Å². The Hall–Kier alpha value is -1.60. The molecule has 21 heavy (non-hydrogen) atoms. The average Bonchev–Trinajstić information content (AvgIpc) is 2.86. The van der Waals surface area contributed by atoms with Gasteiger partial charge in [0.1, 0.15) is 10.1 Å². The molecule has 0 bridgehead atoms. The third kappa shape index (κ3) is 3.36. The summed E-state index contributed by atoms with van der Waals surface area (Å²) in [4.78, 5) is 16.1. The van der Waals surface area contributed by atoms with Crippen LogP contribution < -0.4 is 14.2 Å². The smallest absolute Gasteiger partial charge is 0.244 e. The van der Waals surface area contributed by atoms with Crippen LogP contribution in [0.3, 0.4) is 0 Å². The molecule has 0 aromatic heterocycles. The summed E-state index contributed by atoms with van der Waals surface area (Å²) in [5, 5.41) is -0.0619. The zero-order valence-electron chi connectivity index (χ0n) is 12.1. The third-order valence-electron chi connectivity index (χ3n) is 2.77. The summed E-state index contributed by atoms with van der Waals surface area (Å²) in [5.41, 5.74) is 1.18. The second-order valence-electron chi connectivity index (χ2n) is 3.96. The van der Waals surface area contributed by atoms with Crippen LogP contribution in [0.5, 0.6) is 17.2 Å². The first-order chi connectivity index (χ1) is 10.1. The first-order valence-corrected chi connectivity index (χ1v) is 8.03. The highest BCUT2D eigenvalue weighted by molar-refractivity contribution is 8.45. The molecular formula is C14H15NO4S2. The van der Waals surface area contributed by atoms with Gasteiger partial charge in [0.05, 0.1) is 21.3 Å². The van der Waals surface area contributed by atoms with Crippen LogP contribution in [0.25, 0.3) is 6.08 Å². The van der Waals surface area contributed by atoms with E-state index < -0.39 is 0 Å². The monoisotopic (exact) mass is 325 g/mol. The van der Waals surface area contributed by atoms with Crippen molar-refractivity contribution >= 4 is 39.1 Å². The number of carbonyl (C=O) groups excluding carboxylic acids is 1. The van der Waals surface area contributed by atoms with Crippen molar-refractivity contribution < 1.29 is 19.0 Å². The van der Waals surface area contributed by atoms with Crippen LogP contribution in [0.4, 0.5) is 0 Å². The lowest BCUT2D eigenvalue weighted by Gasteiger charge is -2.12. The average molecular weight is 325 g/mol. The van der Waals surface area contributed by atoms with E-state index in [0.29, 0.717) is 22.9 Å². The van der Waals surface area contributed by atoms with E-state index in [1.807, 2.05) is 6.26 Å². The number of methoxy groups -OCH3 is 3. The van der Waals surface area contributed by atoms with Gasteiger partial charge in [0.25, 0.3) is 0 Å². The third-order valence-corrected chi connectivity index (χ3v) is 4.62. The van der Waals surface area contributed by atoms with Gasteiger partial charge < -0.3 is 14.2 Å². The molecule has 0 radical (unpaired) electrons. The van der Waals surface area contributed by atoms with Gasteiger partial charge in [0, 0.05) is 0 Å². The van der Waals surface area contributed by atoms with Gasteiger partial charge in [-0.3, -0.25) is 4.79 Å². The van der Waals surface area contributed by atoms with Gasteiger partial charge in [-0.2, -0.15) is 0 Å². The topological polar surface area (TPSA) is 57.1 Å². The minimum absolute atomic E-state index is 0.0619. The van der Waals surface area contributed by atoms with Crippen LogP contribution in [-0.2, 0) is 4.79 Å². The van der Waals surface area contributed by atoms with Gasteiger partial charge in [-0.25, -0.2) is 4.99 Å². The number of hydrogen-bond acceptors (Lipinski definition) is 7. The molecular weight excluding hydrogens is 310 g/mol. The maximum atomic E-state index is 11.9. The fourth-order valence-corrected chi connectivity index (χ4v) is 3.08. The number of rotatable bonds is 4. The molecule has 1 heterocycles. The van der Waals surface area contributed by atoms with Crippen molar-refractivity contribution in [3.8, 4) is 17.2 Å². The summed E-state index contributed by atoms with van der Waals surface area (Å²) in [5.74, 6) is 1.59.